The number of carbonyl (C=O) groups excluding carboxylic acids is 1. The summed E-state index contributed by atoms with van der Waals surface area (Å²) in [6.45, 7) is 1.89. The van der Waals surface area contributed by atoms with E-state index in [0.29, 0.717) is 5.75 Å². The molecule has 2 aromatic carbocycles. The van der Waals surface area contributed by atoms with Crippen LogP contribution < -0.4 is 10.1 Å². The molecule has 0 radical (unpaired) electrons. The number of hydrogen-bond donors (Lipinski definition) is 1. The van der Waals surface area contributed by atoms with Gasteiger partial charge in [-0.3, -0.25) is 4.79 Å². The van der Waals surface area contributed by atoms with E-state index < -0.39 is 0 Å². The maximum atomic E-state index is 11.9. The Morgan fingerprint density at radius 3 is 2.87 bits per heavy atom. The van der Waals surface area contributed by atoms with Gasteiger partial charge in [0.05, 0.1) is 5.69 Å². The van der Waals surface area contributed by atoms with E-state index in [1.807, 2.05) is 43.3 Å². The summed E-state index contributed by atoms with van der Waals surface area (Å²) >= 11 is 0. The molecule has 23 heavy (non-hydrogen) atoms. The van der Waals surface area contributed by atoms with Crippen molar-refractivity contribution in [3.63, 3.8) is 0 Å². The average molecular weight is 309 g/mol. The van der Waals surface area contributed by atoms with Crippen molar-refractivity contribution < 1.29 is 9.53 Å². The zero-order valence-electron chi connectivity index (χ0n) is 12.5. The number of rotatable bonds is 5. The van der Waals surface area contributed by atoms with E-state index in [4.69, 9.17) is 4.74 Å². The molecule has 1 N–H and O–H groups in total. The predicted molar refractivity (Wildman–Crippen MR) is 84.5 cm³/mol. The number of carbonyl (C=O) groups is 1. The summed E-state index contributed by atoms with van der Waals surface area (Å²) in [5.41, 5.74) is 2.59. The molecule has 0 spiro atoms. The van der Waals surface area contributed by atoms with Crippen molar-refractivity contribution in [3.05, 3.63) is 60.4 Å². The first-order valence-corrected chi connectivity index (χ1v) is 7.03. The molecule has 1 aromatic heterocycles. The molecule has 0 saturated carbocycles. The van der Waals surface area contributed by atoms with Gasteiger partial charge >= 0.3 is 0 Å². The lowest BCUT2D eigenvalue weighted by molar-refractivity contribution is -0.118. The Morgan fingerprint density at radius 1 is 1.22 bits per heavy atom. The monoisotopic (exact) mass is 309 g/mol. The van der Waals surface area contributed by atoms with Crippen LogP contribution in [0.1, 0.15) is 5.56 Å². The van der Waals surface area contributed by atoms with Gasteiger partial charge in [-0.05, 0) is 47.2 Å². The van der Waals surface area contributed by atoms with Gasteiger partial charge in [0.15, 0.2) is 6.61 Å². The Bertz CT molecular complexity index is 802. The van der Waals surface area contributed by atoms with Gasteiger partial charge in [-0.15, -0.1) is 5.10 Å². The molecule has 0 aliphatic carbocycles. The van der Waals surface area contributed by atoms with Crippen LogP contribution in [0.4, 0.5) is 5.69 Å². The first-order valence-electron chi connectivity index (χ1n) is 7.03. The molecule has 1 heterocycles. The van der Waals surface area contributed by atoms with Gasteiger partial charge in [-0.1, -0.05) is 18.2 Å². The zero-order chi connectivity index (χ0) is 16.1. The van der Waals surface area contributed by atoms with Crippen LogP contribution in [0.25, 0.3) is 5.69 Å². The number of aryl methyl sites for hydroxylation is 1. The molecule has 0 atom stereocenters. The number of benzene rings is 2. The molecule has 7 nitrogen and oxygen atoms in total. The predicted octanol–water partition coefficient (Wildman–Crippen LogP) is 1.99. The molecule has 1 amide bonds. The maximum Gasteiger partial charge on any atom is 0.262 e. The van der Waals surface area contributed by atoms with E-state index in [2.05, 4.69) is 20.8 Å². The zero-order valence-corrected chi connectivity index (χ0v) is 12.5. The minimum atomic E-state index is -0.219. The van der Waals surface area contributed by atoms with Crippen molar-refractivity contribution in [2.75, 3.05) is 11.9 Å². The first kappa shape index (κ1) is 14.7. The molecule has 0 aliphatic heterocycles. The highest BCUT2D eigenvalue weighted by atomic mass is 16.5. The van der Waals surface area contributed by atoms with Crippen LogP contribution in [0.3, 0.4) is 0 Å². The lowest BCUT2D eigenvalue weighted by Gasteiger charge is -2.09. The van der Waals surface area contributed by atoms with Crippen molar-refractivity contribution in [3.8, 4) is 11.4 Å². The van der Waals surface area contributed by atoms with Crippen LogP contribution in [0.5, 0.6) is 5.75 Å². The van der Waals surface area contributed by atoms with Crippen LogP contribution in [0.15, 0.2) is 54.9 Å². The summed E-state index contributed by atoms with van der Waals surface area (Å²) in [5.74, 6) is 0.348. The quantitative estimate of drug-likeness (QED) is 0.779. The third-order valence-corrected chi connectivity index (χ3v) is 3.10. The first-order chi connectivity index (χ1) is 11.2. The SMILES string of the molecule is Cc1cccc(NC(=O)COc2cccc(-n3cnnn3)c2)c1. The summed E-state index contributed by atoms with van der Waals surface area (Å²) in [6.07, 6.45) is 1.49. The minimum absolute atomic E-state index is 0.0764. The van der Waals surface area contributed by atoms with Crippen LogP contribution in [-0.4, -0.2) is 32.7 Å². The van der Waals surface area contributed by atoms with Gasteiger partial charge in [0, 0.05) is 11.8 Å². The molecule has 7 heteroatoms. The van der Waals surface area contributed by atoms with E-state index in [1.165, 1.54) is 11.0 Å². The topological polar surface area (TPSA) is 81.9 Å². The van der Waals surface area contributed by atoms with E-state index in [-0.39, 0.29) is 12.5 Å². The highest BCUT2D eigenvalue weighted by Gasteiger charge is 2.05. The lowest BCUT2D eigenvalue weighted by Crippen LogP contribution is -2.20. The van der Waals surface area contributed by atoms with Crippen molar-refractivity contribution >= 4 is 11.6 Å². The third-order valence-electron chi connectivity index (χ3n) is 3.10. The number of amides is 1. The van der Waals surface area contributed by atoms with E-state index in [0.717, 1.165) is 16.9 Å². The van der Waals surface area contributed by atoms with E-state index in [9.17, 15) is 4.79 Å². The van der Waals surface area contributed by atoms with Gasteiger partial charge in [-0.2, -0.15) is 0 Å². The molecule has 0 saturated heterocycles. The number of tetrazole rings is 1. The fraction of sp³-hybridized carbons (Fsp3) is 0.125. The number of aromatic nitrogens is 4. The second-order valence-electron chi connectivity index (χ2n) is 4.96. The molecular weight excluding hydrogens is 294 g/mol. The number of nitrogens with zero attached hydrogens (tertiary/aromatic N) is 4. The van der Waals surface area contributed by atoms with Gasteiger partial charge in [0.1, 0.15) is 12.1 Å². The van der Waals surface area contributed by atoms with Gasteiger partial charge in [-0.25, -0.2) is 4.68 Å². The number of hydrogen-bond acceptors (Lipinski definition) is 5. The highest BCUT2D eigenvalue weighted by Crippen LogP contribution is 2.16. The Kier molecular flexibility index (Phi) is 4.28. The van der Waals surface area contributed by atoms with Crippen LogP contribution in [0, 0.1) is 6.92 Å². The summed E-state index contributed by atoms with van der Waals surface area (Å²) in [4.78, 5) is 11.9. The van der Waals surface area contributed by atoms with Gasteiger partial charge in [0.25, 0.3) is 5.91 Å². The van der Waals surface area contributed by atoms with E-state index in [1.54, 1.807) is 12.1 Å². The standard InChI is InChI=1S/C16H15N5O2/c1-12-4-2-5-13(8-12)18-16(22)10-23-15-7-3-6-14(9-15)21-11-17-19-20-21/h2-9,11H,10H2,1H3,(H,18,22). The molecule has 0 unspecified atom stereocenters. The van der Waals surface area contributed by atoms with Crippen molar-refractivity contribution in [2.24, 2.45) is 0 Å². The Balaban J connectivity index is 1.60. The summed E-state index contributed by atoms with van der Waals surface area (Å²) in [7, 11) is 0. The van der Waals surface area contributed by atoms with Crippen LogP contribution in [-0.2, 0) is 4.79 Å². The smallest absolute Gasteiger partial charge is 0.262 e. The van der Waals surface area contributed by atoms with Gasteiger partial charge < -0.3 is 10.1 Å². The summed E-state index contributed by atoms with van der Waals surface area (Å²) < 4.78 is 7.03. The molecule has 3 rings (SSSR count). The Morgan fingerprint density at radius 2 is 2.09 bits per heavy atom. The largest absolute Gasteiger partial charge is 0.484 e. The second kappa shape index (κ2) is 6.69. The van der Waals surface area contributed by atoms with Crippen molar-refractivity contribution in [2.45, 2.75) is 6.92 Å². The average Bonchev–Trinajstić information content (AvgIpc) is 3.08. The fourth-order valence-electron chi connectivity index (χ4n) is 2.06. The molecule has 0 fully saturated rings. The summed E-state index contributed by atoms with van der Waals surface area (Å²) in [5, 5.41) is 13.8. The van der Waals surface area contributed by atoms with Crippen molar-refractivity contribution in [1.82, 2.24) is 20.2 Å². The van der Waals surface area contributed by atoms with Crippen LogP contribution >= 0.6 is 0 Å². The maximum absolute atomic E-state index is 11.9. The third kappa shape index (κ3) is 3.91. The lowest BCUT2D eigenvalue weighted by atomic mass is 10.2. The highest BCUT2D eigenvalue weighted by molar-refractivity contribution is 5.91. The summed E-state index contributed by atoms with van der Waals surface area (Å²) in [6, 6.07) is 14.8. The fourth-order valence-corrected chi connectivity index (χ4v) is 2.06. The molecule has 0 bridgehead atoms. The molecule has 0 aliphatic rings. The van der Waals surface area contributed by atoms with Crippen LogP contribution in [0.2, 0.25) is 0 Å². The normalized spacial score (nSPS) is 10.3. The Labute approximate surface area is 132 Å². The van der Waals surface area contributed by atoms with Crippen molar-refractivity contribution in [1.29, 1.82) is 0 Å². The molecule has 116 valence electrons. The molecular formula is C16H15N5O2. The number of nitrogens with one attached hydrogen (secondary N) is 1. The van der Waals surface area contributed by atoms with Gasteiger partial charge in [0.2, 0.25) is 0 Å². The minimum Gasteiger partial charge on any atom is -0.484 e. The molecule has 3 aromatic rings. The number of ether oxygens (including phenoxy) is 1. The van der Waals surface area contributed by atoms with E-state index >= 15 is 0 Å². The second-order valence-corrected chi connectivity index (χ2v) is 4.96. The number of anilines is 1. The Hall–Kier alpha value is -3.22.